The third kappa shape index (κ3) is 2.52. The predicted octanol–water partition coefficient (Wildman–Crippen LogP) is 1.49. The molecular formula is C11H16N6. The van der Waals surface area contributed by atoms with Crippen molar-refractivity contribution in [1.82, 2.24) is 19.7 Å². The molecule has 0 unspecified atom stereocenters. The fraction of sp³-hybridized carbons (Fsp3) is 0.364. The Morgan fingerprint density at radius 3 is 2.88 bits per heavy atom. The highest BCUT2D eigenvalue weighted by Gasteiger charge is 2.09. The fourth-order valence-corrected chi connectivity index (χ4v) is 1.65. The summed E-state index contributed by atoms with van der Waals surface area (Å²) in [4.78, 5) is 8.23. The van der Waals surface area contributed by atoms with Crippen LogP contribution in [-0.4, -0.2) is 19.7 Å². The second-order valence-corrected chi connectivity index (χ2v) is 3.86. The molecule has 90 valence electrons. The van der Waals surface area contributed by atoms with Crippen molar-refractivity contribution in [2.24, 2.45) is 7.05 Å². The predicted molar refractivity (Wildman–Crippen MR) is 66.9 cm³/mol. The van der Waals surface area contributed by atoms with E-state index in [2.05, 4.69) is 27.3 Å². The van der Waals surface area contributed by atoms with Gasteiger partial charge in [0.25, 0.3) is 0 Å². The largest absolute Gasteiger partial charge is 0.383 e. The first-order valence-electron chi connectivity index (χ1n) is 5.55. The van der Waals surface area contributed by atoms with E-state index in [1.54, 1.807) is 10.9 Å². The molecule has 0 atom stereocenters. The zero-order valence-electron chi connectivity index (χ0n) is 10.0. The Bertz CT molecular complexity index is 504. The normalized spacial score (nSPS) is 10.5. The van der Waals surface area contributed by atoms with Crippen molar-refractivity contribution in [3.8, 4) is 0 Å². The second-order valence-electron chi connectivity index (χ2n) is 3.86. The van der Waals surface area contributed by atoms with Crippen LogP contribution in [0.4, 0.5) is 17.3 Å². The van der Waals surface area contributed by atoms with Crippen LogP contribution in [0.25, 0.3) is 0 Å². The van der Waals surface area contributed by atoms with Crippen LogP contribution in [0, 0.1) is 0 Å². The van der Waals surface area contributed by atoms with Crippen molar-refractivity contribution in [2.45, 2.75) is 19.8 Å². The minimum atomic E-state index is 0.535. The smallest absolute Gasteiger partial charge is 0.139 e. The van der Waals surface area contributed by atoms with Crippen molar-refractivity contribution in [3.63, 3.8) is 0 Å². The number of aromatic nitrogens is 4. The lowest BCUT2D eigenvalue weighted by atomic mass is 10.1. The average molecular weight is 232 g/mol. The lowest BCUT2D eigenvalue weighted by Crippen LogP contribution is -2.04. The maximum atomic E-state index is 5.85. The number of hydrogen-bond donors (Lipinski definition) is 2. The van der Waals surface area contributed by atoms with E-state index in [0.717, 1.165) is 29.9 Å². The number of hydrogen-bond acceptors (Lipinski definition) is 5. The molecular weight excluding hydrogens is 216 g/mol. The Morgan fingerprint density at radius 2 is 2.24 bits per heavy atom. The van der Waals surface area contributed by atoms with Gasteiger partial charge in [-0.05, 0) is 6.42 Å². The quantitative estimate of drug-likeness (QED) is 0.834. The summed E-state index contributed by atoms with van der Waals surface area (Å²) < 4.78 is 1.73. The Balaban J connectivity index is 2.28. The molecule has 6 nitrogen and oxygen atoms in total. The number of nitrogens with zero attached hydrogens (tertiary/aromatic N) is 4. The third-order valence-electron chi connectivity index (χ3n) is 2.45. The first-order valence-corrected chi connectivity index (χ1v) is 5.55. The summed E-state index contributed by atoms with van der Waals surface area (Å²) in [6.07, 6.45) is 6.95. The zero-order chi connectivity index (χ0) is 12.3. The summed E-state index contributed by atoms with van der Waals surface area (Å²) in [5, 5.41) is 7.29. The van der Waals surface area contributed by atoms with E-state index in [4.69, 9.17) is 5.73 Å². The van der Waals surface area contributed by atoms with Crippen molar-refractivity contribution in [1.29, 1.82) is 0 Å². The minimum Gasteiger partial charge on any atom is -0.383 e. The van der Waals surface area contributed by atoms with Crippen molar-refractivity contribution in [2.75, 3.05) is 11.1 Å². The lowest BCUT2D eigenvalue weighted by Gasteiger charge is -2.10. The Labute approximate surface area is 99.9 Å². The summed E-state index contributed by atoms with van der Waals surface area (Å²) in [6, 6.07) is 0. The third-order valence-corrected chi connectivity index (χ3v) is 2.45. The van der Waals surface area contributed by atoms with Gasteiger partial charge in [-0.15, -0.1) is 0 Å². The van der Waals surface area contributed by atoms with Gasteiger partial charge in [0.15, 0.2) is 0 Å². The summed E-state index contributed by atoms with van der Waals surface area (Å²) >= 11 is 0. The highest BCUT2D eigenvalue weighted by atomic mass is 15.3. The van der Waals surface area contributed by atoms with Gasteiger partial charge in [0.2, 0.25) is 0 Å². The van der Waals surface area contributed by atoms with E-state index in [9.17, 15) is 0 Å². The van der Waals surface area contributed by atoms with Crippen LogP contribution in [0.3, 0.4) is 0 Å². The molecule has 6 heteroatoms. The van der Waals surface area contributed by atoms with E-state index < -0.39 is 0 Å². The Kier molecular flexibility index (Phi) is 3.22. The summed E-state index contributed by atoms with van der Waals surface area (Å²) in [6.45, 7) is 2.10. The van der Waals surface area contributed by atoms with E-state index in [1.165, 1.54) is 6.33 Å². The van der Waals surface area contributed by atoms with Crippen LogP contribution in [0.5, 0.6) is 0 Å². The van der Waals surface area contributed by atoms with Crippen LogP contribution in [0.2, 0.25) is 0 Å². The van der Waals surface area contributed by atoms with Gasteiger partial charge in [0, 0.05) is 18.8 Å². The topological polar surface area (TPSA) is 81.7 Å². The molecule has 0 aromatic carbocycles. The summed E-state index contributed by atoms with van der Waals surface area (Å²) in [5.74, 6) is 1.29. The van der Waals surface area contributed by atoms with Crippen molar-refractivity contribution >= 4 is 17.3 Å². The highest BCUT2D eigenvalue weighted by Crippen LogP contribution is 2.22. The van der Waals surface area contributed by atoms with E-state index in [0.29, 0.717) is 5.82 Å². The maximum Gasteiger partial charge on any atom is 0.139 e. The number of anilines is 3. The van der Waals surface area contributed by atoms with Crippen LogP contribution < -0.4 is 11.1 Å². The second kappa shape index (κ2) is 4.82. The molecule has 0 saturated heterocycles. The van der Waals surface area contributed by atoms with Gasteiger partial charge in [0.1, 0.15) is 18.0 Å². The number of nitrogens with one attached hydrogen (secondary N) is 1. The SMILES string of the molecule is CCCc1c(N)ncnc1Nc1cnn(C)c1. The van der Waals surface area contributed by atoms with Gasteiger partial charge >= 0.3 is 0 Å². The molecule has 0 saturated carbocycles. The first kappa shape index (κ1) is 11.4. The van der Waals surface area contributed by atoms with Gasteiger partial charge in [-0.2, -0.15) is 5.10 Å². The van der Waals surface area contributed by atoms with Crippen LogP contribution in [0.1, 0.15) is 18.9 Å². The fourth-order valence-electron chi connectivity index (χ4n) is 1.65. The molecule has 0 aliphatic rings. The molecule has 0 aliphatic carbocycles. The molecule has 0 amide bonds. The molecule has 2 rings (SSSR count). The van der Waals surface area contributed by atoms with Gasteiger partial charge in [-0.1, -0.05) is 13.3 Å². The molecule has 2 aromatic rings. The Morgan fingerprint density at radius 1 is 1.41 bits per heavy atom. The first-order chi connectivity index (χ1) is 8.20. The molecule has 0 bridgehead atoms. The number of rotatable bonds is 4. The van der Waals surface area contributed by atoms with Gasteiger partial charge in [-0.25, -0.2) is 9.97 Å². The standard InChI is InChI=1S/C11H16N6/c1-3-4-9-10(12)13-7-14-11(9)16-8-5-15-17(2)6-8/h5-7H,3-4H2,1-2H3,(H3,12,13,14,16). The van der Waals surface area contributed by atoms with Crippen LogP contribution in [-0.2, 0) is 13.5 Å². The van der Waals surface area contributed by atoms with E-state index >= 15 is 0 Å². The molecule has 2 aromatic heterocycles. The van der Waals surface area contributed by atoms with E-state index in [-0.39, 0.29) is 0 Å². The highest BCUT2D eigenvalue weighted by molar-refractivity contribution is 5.62. The maximum absolute atomic E-state index is 5.85. The van der Waals surface area contributed by atoms with E-state index in [1.807, 2.05) is 13.2 Å². The van der Waals surface area contributed by atoms with Gasteiger partial charge in [0.05, 0.1) is 11.9 Å². The van der Waals surface area contributed by atoms with Crippen molar-refractivity contribution in [3.05, 3.63) is 24.3 Å². The zero-order valence-corrected chi connectivity index (χ0v) is 10.0. The average Bonchev–Trinajstić information content (AvgIpc) is 2.69. The summed E-state index contributed by atoms with van der Waals surface area (Å²) in [7, 11) is 1.87. The lowest BCUT2D eigenvalue weighted by molar-refractivity contribution is 0.768. The molecule has 3 N–H and O–H groups in total. The summed E-state index contributed by atoms with van der Waals surface area (Å²) in [5.41, 5.74) is 7.70. The van der Waals surface area contributed by atoms with Gasteiger partial charge in [-0.3, -0.25) is 4.68 Å². The van der Waals surface area contributed by atoms with Crippen LogP contribution in [0.15, 0.2) is 18.7 Å². The molecule has 0 radical (unpaired) electrons. The number of nitrogen functional groups attached to an aromatic ring is 1. The number of aryl methyl sites for hydroxylation is 1. The minimum absolute atomic E-state index is 0.535. The van der Waals surface area contributed by atoms with Crippen molar-refractivity contribution < 1.29 is 0 Å². The molecule has 2 heterocycles. The van der Waals surface area contributed by atoms with Gasteiger partial charge < -0.3 is 11.1 Å². The molecule has 0 aliphatic heterocycles. The molecule has 0 spiro atoms. The Hall–Kier alpha value is -2.11. The monoisotopic (exact) mass is 232 g/mol. The van der Waals surface area contributed by atoms with Crippen LogP contribution >= 0.6 is 0 Å². The number of nitrogens with two attached hydrogens (primary N) is 1. The molecule has 0 fully saturated rings. The molecule has 17 heavy (non-hydrogen) atoms.